The molecule has 0 amide bonds. The minimum atomic E-state index is -1.65. The summed E-state index contributed by atoms with van der Waals surface area (Å²) in [5, 5.41) is 47.4. The molecule has 0 aromatic carbocycles. The van der Waals surface area contributed by atoms with Crippen LogP contribution >= 0.6 is 0 Å². The predicted molar refractivity (Wildman–Crippen MR) is 43.8 cm³/mol. The number of hydrogen-bond acceptors (Lipinski definition) is 7. The molecule has 0 aliphatic rings. The minimum absolute atomic E-state index is 0.718. The van der Waals surface area contributed by atoms with Gasteiger partial charge in [0, 0.05) is 0 Å². The highest BCUT2D eigenvalue weighted by molar-refractivity contribution is 5.63. The van der Waals surface area contributed by atoms with Crippen molar-refractivity contribution < 1.29 is 25.5 Å². The van der Waals surface area contributed by atoms with Crippen LogP contribution in [-0.4, -0.2) is 62.8 Å². The third-order valence-electron chi connectivity index (χ3n) is 1.52. The Morgan fingerprint density at radius 3 is 2.08 bits per heavy atom. The maximum atomic E-state index is 9.10. The third kappa shape index (κ3) is 3.66. The average Bonchev–Trinajstić information content (AvgIpc) is 2.14. The first-order valence-electron chi connectivity index (χ1n) is 3.61. The van der Waals surface area contributed by atoms with Gasteiger partial charge in [0.2, 0.25) is 0 Å². The molecule has 0 saturated carbocycles. The summed E-state index contributed by atoms with van der Waals surface area (Å²) in [5.41, 5.74) is 0. The molecule has 0 radical (unpaired) electrons. The second-order valence-corrected chi connectivity index (χ2v) is 2.52. The Balaban J connectivity index is 4.15. The Morgan fingerprint density at radius 2 is 1.69 bits per heavy atom. The minimum Gasteiger partial charge on any atom is -0.394 e. The number of rotatable bonds is 5. The number of aliphatic hydroxyl groups is 5. The Morgan fingerprint density at radius 1 is 1.15 bits per heavy atom. The topological polar surface area (TPSA) is 140 Å². The fourth-order valence-corrected chi connectivity index (χ4v) is 0.714. The van der Waals surface area contributed by atoms with Gasteiger partial charge in [0.05, 0.1) is 12.8 Å². The first-order chi connectivity index (χ1) is 6.04. The zero-order chi connectivity index (χ0) is 10.4. The van der Waals surface area contributed by atoms with E-state index in [0.29, 0.717) is 0 Å². The monoisotopic (exact) mass is 194 g/mol. The van der Waals surface area contributed by atoms with Crippen LogP contribution < -0.4 is 5.84 Å². The van der Waals surface area contributed by atoms with Crippen molar-refractivity contribution >= 4 is 6.21 Å². The molecule has 13 heavy (non-hydrogen) atoms. The van der Waals surface area contributed by atoms with E-state index in [4.69, 9.17) is 25.5 Å². The normalized spacial score (nSPS) is 21.3. The van der Waals surface area contributed by atoms with Gasteiger partial charge in [-0.2, -0.15) is 5.10 Å². The van der Waals surface area contributed by atoms with Gasteiger partial charge in [-0.1, -0.05) is 0 Å². The molecule has 78 valence electrons. The Labute approximate surface area is 74.7 Å². The van der Waals surface area contributed by atoms with E-state index in [1.165, 1.54) is 0 Å². The zero-order valence-electron chi connectivity index (χ0n) is 6.85. The highest BCUT2D eigenvalue weighted by Crippen LogP contribution is 2.03. The van der Waals surface area contributed by atoms with E-state index >= 15 is 0 Å². The summed E-state index contributed by atoms with van der Waals surface area (Å²) in [6, 6.07) is 0. The van der Waals surface area contributed by atoms with Crippen molar-refractivity contribution in [2.45, 2.75) is 24.4 Å². The van der Waals surface area contributed by atoms with E-state index in [-0.39, 0.29) is 0 Å². The molecule has 0 aromatic rings. The molecule has 0 heterocycles. The maximum absolute atomic E-state index is 9.10. The molecule has 0 bridgehead atoms. The SMILES string of the molecule is N/N=C\[C@@H](O)[C@@H](O)[C@@H](O)[C@H](O)CO. The molecule has 0 aliphatic carbocycles. The molecule has 7 nitrogen and oxygen atoms in total. The Hall–Kier alpha value is -0.730. The first kappa shape index (κ1) is 12.3. The van der Waals surface area contributed by atoms with Gasteiger partial charge in [0.1, 0.15) is 24.4 Å². The van der Waals surface area contributed by atoms with Crippen LogP contribution in [0, 0.1) is 0 Å². The summed E-state index contributed by atoms with van der Waals surface area (Å²) in [7, 11) is 0. The van der Waals surface area contributed by atoms with Crippen LogP contribution in [0.1, 0.15) is 0 Å². The van der Waals surface area contributed by atoms with Crippen LogP contribution in [0.2, 0.25) is 0 Å². The third-order valence-corrected chi connectivity index (χ3v) is 1.52. The highest BCUT2D eigenvalue weighted by atomic mass is 16.4. The van der Waals surface area contributed by atoms with E-state index in [0.717, 1.165) is 6.21 Å². The van der Waals surface area contributed by atoms with Crippen molar-refractivity contribution in [1.82, 2.24) is 0 Å². The van der Waals surface area contributed by atoms with Gasteiger partial charge in [0.15, 0.2) is 0 Å². The lowest BCUT2D eigenvalue weighted by molar-refractivity contribution is -0.0999. The molecule has 7 heteroatoms. The largest absolute Gasteiger partial charge is 0.394 e. The van der Waals surface area contributed by atoms with Gasteiger partial charge in [-0.3, -0.25) is 0 Å². The lowest BCUT2D eigenvalue weighted by Crippen LogP contribution is -2.46. The smallest absolute Gasteiger partial charge is 0.119 e. The van der Waals surface area contributed by atoms with E-state index in [2.05, 4.69) is 10.9 Å². The van der Waals surface area contributed by atoms with Gasteiger partial charge in [-0.05, 0) is 0 Å². The Bertz CT molecular complexity index is 165. The molecule has 0 aliphatic heterocycles. The first-order valence-corrected chi connectivity index (χ1v) is 3.61. The summed E-state index contributed by atoms with van der Waals surface area (Å²) >= 11 is 0. The van der Waals surface area contributed by atoms with Gasteiger partial charge < -0.3 is 31.4 Å². The van der Waals surface area contributed by atoms with Crippen molar-refractivity contribution in [2.24, 2.45) is 10.9 Å². The highest BCUT2D eigenvalue weighted by Gasteiger charge is 2.28. The second-order valence-electron chi connectivity index (χ2n) is 2.52. The molecule has 0 fully saturated rings. The summed E-state index contributed by atoms with van der Waals surface area (Å²) in [6.07, 6.45) is -5.50. The van der Waals surface area contributed by atoms with Crippen LogP contribution in [0.3, 0.4) is 0 Å². The summed E-state index contributed by atoms with van der Waals surface area (Å²) < 4.78 is 0. The summed E-state index contributed by atoms with van der Waals surface area (Å²) in [4.78, 5) is 0. The molecular formula is C6H14N2O5. The fourth-order valence-electron chi connectivity index (χ4n) is 0.714. The van der Waals surface area contributed by atoms with E-state index in [1.54, 1.807) is 0 Å². The van der Waals surface area contributed by atoms with Crippen molar-refractivity contribution in [3.05, 3.63) is 0 Å². The zero-order valence-corrected chi connectivity index (χ0v) is 6.85. The van der Waals surface area contributed by atoms with Crippen LogP contribution in [0.25, 0.3) is 0 Å². The van der Waals surface area contributed by atoms with Crippen molar-refractivity contribution in [2.75, 3.05) is 6.61 Å². The van der Waals surface area contributed by atoms with Gasteiger partial charge in [-0.15, -0.1) is 0 Å². The molecule has 7 N–H and O–H groups in total. The molecule has 0 aromatic heterocycles. The second kappa shape index (κ2) is 5.84. The number of hydrogen-bond donors (Lipinski definition) is 6. The molecule has 4 atom stereocenters. The average molecular weight is 194 g/mol. The molecule has 0 rings (SSSR count). The van der Waals surface area contributed by atoms with E-state index in [9.17, 15) is 0 Å². The van der Waals surface area contributed by atoms with Crippen LogP contribution in [-0.2, 0) is 0 Å². The molecular weight excluding hydrogens is 180 g/mol. The van der Waals surface area contributed by atoms with E-state index in [1.807, 2.05) is 0 Å². The van der Waals surface area contributed by atoms with E-state index < -0.39 is 31.0 Å². The van der Waals surface area contributed by atoms with Crippen molar-refractivity contribution in [3.8, 4) is 0 Å². The number of nitrogens with two attached hydrogens (primary N) is 1. The molecule has 0 saturated heterocycles. The van der Waals surface area contributed by atoms with Crippen LogP contribution in [0.15, 0.2) is 5.10 Å². The van der Waals surface area contributed by atoms with Gasteiger partial charge in [0.25, 0.3) is 0 Å². The van der Waals surface area contributed by atoms with Crippen molar-refractivity contribution in [3.63, 3.8) is 0 Å². The lowest BCUT2D eigenvalue weighted by atomic mass is 10.0. The van der Waals surface area contributed by atoms with Crippen LogP contribution in [0.5, 0.6) is 0 Å². The molecule has 0 spiro atoms. The van der Waals surface area contributed by atoms with Gasteiger partial charge >= 0.3 is 0 Å². The molecule has 0 unspecified atom stereocenters. The maximum Gasteiger partial charge on any atom is 0.119 e. The predicted octanol–water partition coefficient (Wildman–Crippen LogP) is -3.63. The number of hydrazone groups is 1. The standard InChI is InChI=1S/C6H14N2O5/c7-8-1-3(10)5(12)6(13)4(11)2-9/h1,3-6,9-13H,2,7H2/b8-1-/t3-,4-,5-,6+/m1/s1. The number of aliphatic hydroxyl groups excluding tert-OH is 5. The quantitative estimate of drug-likeness (QED) is 0.152. The van der Waals surface area contributed by atoms with Crippen LogP contribution in [0.4, 0.5) is 0 Å². The Kier molecular flexibility index (Phi) is 5.51. The summed E-state index contributed by atoms with van der Waals surface area (Å²) in [5.74, 6) is 4.68. The number of nitrogens with zero attached hydrogens (tertiary/aromatic N) is 1. The van der Waals surface area contributed by atoms with Gasteiger partial charge in [-0.25, -0.2) is 0 Å². The summed E-state index contributed by atoms with van der Waals surface area (Å²) in [6.45, 7) is -0.718. The fraction of sp³-hybridized carbons (Fsp3) is 0.833. The van der Waals surface area contributed by atoms with Crippen molar-refractivity contribution in [1.29, 1.82) is 0 Å². The lowest BCUT2D eigenvalue weighted by Gasteiger charge is -2.23.